The lowest BCUT2D eigenvalue weighted by molar-refractivity contribution is 0.0672. The summed E-state index contributed by atoms with van der Waals surface area (Å²) >= 11 is 6.21. The molecule has 2 heterocycles. The van der Waals surface area contributed by atoms with Gasteiger partial charge in [-0.05, 0) is 44.2 Å². The topological polar surface area (TPSA) is 77.7 Å². The van der Waals surface area contributed by atoms with E-state index in [0.717, 1.165) is 6.42 Å². The number of amides is 1. The van der Waals surface area contributed by atoms with Gasteiger partial charge in [0.05, 0.1) is 30.3 Å². The van der Waals surface area contributed by atoms with Crippen molar-refractivity contribution < 1.29 is 18.7 Å². The quantitative estimate of drug-likeness (QED) is 0.592. The first kappa shape index (κ1) is 20.2. The van der Waals surface area contributed by atoms with Gasteiger partial charge in [0.25, 0.3) is 5.91 Å². The van der Waals surface area contributed by atoms with Crippen LogP contribution >= 0.6 is 11.6 Å². The normalized spacial score (nSPS) is 13.2. The number of rotatable bonds is 5. The van der Waals surface area contributed by atoms with E-state index in [1.54, 1.807) is 29.2 Å². The van der Waals surface area contributed by atoms with Gasteiger partial charge in [-0.2, -0.15) is 0 Å². The third-order valence-corrected chi connectivity index (χ3v) is 5.08. The van der Waals surface area contributed by atoms with Crippen molar-refractivity contribution in [1.29, 1.82) is 0 Å². The second kappa shape index (κ2) is 8.75. The molecule has 3 aromatic rings. The second-order valence-corrected chi connectivity index (χ2v) is 7.63. The highest BCUT2D eigenvalue weighted by atomic mass is 35.5. The van der Waals surface area contributed by atoms with Gasteiger partial charge in [0.2, 0.25) is 11.8 Å². The SMILES string of the molecule is CC(C)N(Cc1nnc(-c2ccccc2Cl)o1)C(=O)c1ccc2c(c1)OCCCO2. The van der Waals surface area contributed by atoms with Crippen molar-refractivity contribution in [1.82, 2.24) is 15.1 Å². The molecule has 1 aromatic heterocycles. The smallest absolute Gasteiger partial charge is 0.254 e. The van der Waals surface area contributed by atoms with Gasteiger partial charge in [0, 0.05) is 18.0 Å². The van der Waals surface area contributed by atoms with Crippen LogP contribution in [0, 0.1) is 0 Å². The molecule has 0 atom stereocenters. The Morgan fingerprint density at radius 3 is 2.63 bits per heavy atom. The molecule has 8 heteroatoms. The van der Waals surface area contributed by atoms with E-state index in [9.17, 15) is 4.79 Å². The van der Waals surface area contributed by atoms with E-state index in [0.29, 0.717) is 52.6 Å². The number of carbonyl (C=O) groups is 1. The van der Waals surface area contributed by atoms with Crippen molar-refractivity contribution in [3.8, 4) is 23.0 Å². The summed E-state index contributed by atoms with van der Waals surface area (Å²) in [6.07, 6.45) is 0.807. The Labute approximate surface area is 179 Å². The molecule has 0 fully saturated rings. The number of benzene rings is 2. The lowest BCUT2D eigenvalue weighted by Crippen LogP contribution is -2.36. The van der Waals surface area contributed by atoms with Gasteiger partial charge in [-0.3, -0.25) is 4.79 Å². The maximum Gasteiger partial charge on any atom is 0.254 e. The van der Waals surface area contributed by atoms with Gasteiger partial charge in [0.1, 0.15) is 0 Å². The first-order valence-electron chi connectivity index (χ1n) is 9.81. The zero-order valence-corrected chi connectivity index (χ0v) is 17.6. The average Bonchev–Trinajstić information content (AvgIpc) is 3.07. The van der Waals surface area contributed by atoms with Crippen molar-refractivity contribution in [3.63, 3.8) is 0 Å². The molecule has 30 heavy (non-hydrogen) atoms. The maximum atomic E-state index is 13.2. The Balaban J connectivity index is 1.55. The summed E-state index contributed by atoms with van der Waals surface area (Å²) in [5.74, 6) is 1.74. The highest BCUT2D eigenvalue weighted by Gasteiger charge is 2.24. The molecule has 2 aromatic carbocycles. The van der Waals surface area contributed by atoms with Crippen LogP contribution in [0.2, 0.25) is 5.02 Å². The van der Waals surface area contributed by atoms with Crippen molar-refractivity contribution in [2.24, 2.45) is 0 Å². The molecule has 7 nitrogen and oxygen atoms in total. The van der Waals surface area contributed by atoms with Crippen LogP contribution in [0.4, 0.5) is 0 Å². The zero-order valence-electron chi connectivity index (χ0n) is 16.8. The summed E-state index contributed by atoms with van der Waals surface area (Å²) in [6, 6.07) is 12.4. The van der Waals surface area contributed by atoms with Gasteiger partial charge in [0.15, 0.2) is 11.5 Å². The zero-order chi connectivity index (χ0) is 21.1. The Kier molecular flexibility index (Phi) is 5.90. The lowest BCUT2D eigenvalue weighted by Gasteiger charge is -2.25. The molecule has 0 aliphatic carbocycles. The molecule has 0 spiro atoms. The molecule has 0 unspecified atom stereocenters. The van der Waals surface area contributed by atoms with E-state index >= 15 is 0 Å². The maximum absolute atomic E-state index is 13.2. The van der Waals surface area contributed by atoms with Crippen molar-refractivity contribution >= 4 is 17.5 Å². The van der Waals surface area contributed by atoms with Crippen LogP contribution in [0.5, 0.6) is 11.5 Å². The van der Waals surface area contributed by atoms with Crippen molar-refractivity contribution in [2.75, 3.05) is 13.2 Å². The fraction of sp³-hybridized carbons (Fsp3) is 0.318. The number of halogens is 1. The summed E-state index contributed by atoms with van der Waals surface area (Å²) in [5.41, 5.74) is 1.17. The number of aromatic nitrogens is 2. The van der Waals surface area contributed by atoms with Crippen LogP contribution in [0.25, 0.3) is 11.5 Å². The molecule has 0 bridgehead atoms. The summed E-state index contributed by atoms with van der Waals surface area (Å²) in [6.45, 7) is 5.22. The molecular weight excluding hydrogens is 406 g/mol. The fourth-order valence-corrected chi connectivity index (χ4v) is 3.37. The predicted molar refractivity (Wildman–Crippen MR) is 112 cm³/mol. The summed E-state index contributed by atoms with van der Waals surface area (Å²) in [7, 11) is 0. The molecule has 0 saturated heterocycles. The number of nitrogens with zero attached hydrogens (tertiary/aromatic N) is 3. The minimum Gasteiger partial charge on any atom is -0.490 e. The lowest BCUT2D eigenvalue weighted by atomic mass is 10.1. The van der Waals surface area contributed by atoms with Crippen LogP contribution in [-0.2, 0) is 6.54 Å². The highest BCUT2D eigenvalue weighted by molar-refractivity contribution is 6.33. The monoisotopic (exact) mass is 427 g/mol. The average molecular weight is 428 g/mol. The Morgan fingerprint density at radius 2 is 1.87 bits per heavy atom. The standard InChI is InChI=1S/C22H22ClN3O4/c1-14(2)26(13-20-24-25-21(30-20)16-6-3-4-7-17(16)23)22(27)15-8-9-18-19(12-15)29-11-5-10-28-18/h3-4,6-9,12,14H,5,10-11,13H2,1-2H3. The van der Waals surface area contributed by atoms with E-state index < -0.39 is 0 Å². The highest BCUT2D eigenvalue weighted by Crippen LogP contribution is 2.31. The minimum atomic E-state index is -0.154. The predicted octanol–water partition coefficient (Wildman–Crippen LogP) is 4.60. The number of hydrogen-bond acceptors (Lipinski definition) is 6. The van der Waals surface area contributed by atoms with Gasteiger partial charge in [-0.1, -0.05) is 23.7 Å². The first-order chi connectivity index (χ1) is 14.5. The van der Waals surface area contributed by atoms with E-state index in [1.807, 2.05) is 32.0 Å². The second-order valence-electron chi connectivity index (χ2n) is 7.22. The number of carbonyl (C=O) groups excluding carboxylic acids is 1. The van der Waals surface area contributed by atoms with Crippen molar-refractivity contribution in [2.45, 2.75) is 32.9 Å². The van der Waals surface area contributed by atoms with Gasteiger partial charge >= 0.3 is 0 Å². The van der Waals surface area contributed by atoms with Gasteiger partial charge in [-0.15, -0.1) is 10.2 Å². The van der Waals surface area contributed by atoms with Crippen LogP contribution < -0.4 is 9.47 Å². The molecule has 1 amide bonds. The molecule has 1 aliphatic rings. The molecular formula is C22H22ClN3O4. The first-order valence-corrected chi connectivity index (χ1v) is 10.2. The Hall–Kier alpha value is -3.06. The summed E-state index contributed by atoms with van der Waals surface area (Å²) < 4.78 is 17.1. The largest absolute Gasteiger partial charge is 0.490 e. The van der Waals surface area contributed by atoms with Gasteiger partial charge in [-0.25, -0.2) is 0 Å². The third-order valence-electron chi connectivity index (χ3n) is 4.76. The molecule has 4 rings (SSSR count). The molecule has 1 aliphatic heterocycles. The van der Waals surface area contributed by atoms with E-state index in [-0.39, 0.29) is 18.5 Å². The fourth-order valence-electron chi connectivity index (χ4n) is 3.16. The van der Waals surface area contributed by atoms with Crippen LogP contribution in [-0.4, -0.2) is 40.3 Å². The molecule has 156 valence electrons. The van der Waals surface area contributed by atoms with Crippen LogP contribution in [0.3, 0.4) is 0 Å². The number of fused-ring (bicyclic) bond motifs is 1. The van der Waals surface area contributed by atoms with Crippen LogP contribution in [0.1, 0.15) is 36.5 Å². The third kappa shape index (κ3) is 4.26. The number of hydrogen-bond donors (Lipinski definition) is 0. The van der Waals surface area contributed by atoms with E-state index in [2.05, 4.69) is 10.2 Å². The van der Waals surface area contributed by atoms with E-state index in [4.69, 9.17) is 25.5 Å². The van der Waals surface area contributed by atoms with E-state index in [1.165, 1.54) is 0 Å². The Bertz CT molecular complexity index is 1050. The molecule has 0 radical (unpaired) electrons. The van der Waals surface area contributed by atoms with Crippen LogP contribution in [0.15, 0.2) is 46.9 Å². The molecule has 0 N–H and O–H groups in total. The van der Waals surface area contributed by atoms with Gasteiger partial charge < -0.3 is 18.8 Å². The van der Waals surface area contributed by atoms with Crippen molar-refractivity contribution in [3.05, 3.63) is 58.9 Å². The number of ether oxygens (including phenoxy) is 2. The molecule has 0 saturated carbocycles. The summed E-state index contributed by atoms with van der Waals surface area (Å²) in [5, 5.41) is 8.71. The summed E-state index contributed by atoms with van der Waals surface area (Å²) in [4.78, 5) is 14.9. The minimum absolute atomic E-state index is 0.0795. The Morgan fingerprint density at radius 1 is 1.10 bits per heavy atom.